The zero-order chi connectivity index (χ0) is 12.3. The maximum atomic E-state index is 8.63. The maximum absolute atomic E-state index is 8.63. The third-order valence-corrected chi connectivity index (χ3v) is 2.65. The third-order valence-electron chi connectivity index (χ3n) is 2.41. The van der Waals surface area contributed by atoms with E-state index in [1.807, 2.05) is 31.2 Å². The van der Waals surface area contributed by atoms with Crippen LogP contribution in [0.5, 0.6) is 0 Å². The molecule has 86 valence electrons. The molecule has 1 heterocycles. The van der Waals surface area contributed by atoms with Gasteiger partial charge in [-0.15, -0.1) is 0 Å². The monoisotopic (exact) mass is 246 g/mol. The first-order valence-corrected chi connectivity index (χ1v) is 5.55. The van der Waals surface area contributed by atoms with Crippen LogP contribution in [0.4, 0.5) is 5.69 Å². The molecule has 1 N–H and O–H groups in total. The number of nitriles is 1. The Balaban J connectivity index is 2.05. The largest absolute Gasteiger partial charge is 0.449 e. The van der Waals surface area contributed by atoms with Gasteiger partial charge in [0.15, 0.2) is 0 Å². The molecule has 17 heavy (non-hydrogen) atoms. The summed E-state index contributed by atoms with van der Waals surface area (Å²) in [4.78, 5) is 0. The van der Waals surface area contributed by atoms with Gasteiger partial charge in [0.05, 0.1) is 6.54 Å². The number of hydrogen-bond acceptors (Lipinski definition) is 3. The number of hydrogen-bond donors (Lipinski definition) is 1. The second kappa shape index (κ2) is 4.94. The van der Waals surface area contributed by atoms with Crippen LogP contribution in [0.15, 0.2) is 34.7 Å². The lowest BCUT2D eigenvalue weighted by molar-refractivity contribution is 0.506. The first kappa shape index (κ1) is 11.6. The van der Waals surface area contributed by atoms with Gasteiger partial charge in [-0.25, -0.2) is 0 Å². The van der Waals surface area contributed by atoms with Gasteiger partial charge in [0.25, 0.3) is 0 Å². The normalized spacial score (nSPS) is 9.94. The zero-order valence-electron chi connectivity index (χ0n) is 9.33. The fourth-order valence-corrected chi connectivity index (χ4v) is 1.77. The molecular weight excluding hydrogens is 236 g/mol. The summed E-state index contributed by atoms with van der Waals surface area (Å²) in [6.45, 7) is 2.53. The molecular formula is C13H11ClN2O. The highest BCUT2D eigenvalue weighted by Crippen LogP contribution is 2.20. The number of nitrogens with one attached hydrogen (secondary N) is 1. The molecule has 0 unspecified atom stereocenters. The van der Waals surface area contributed by atoms with Gasteiger partial charge in [0.2, 0.25) is 5.76 Å². The summed E-state index contributed by atoms with van der Waals surface area (Å²) < 4.78 is 5.27. The Morgan fingerprint density at radius 1 is 1.35 bits per heavy atom. The minimum atomic E-state index is 0.328. The lowest BCUT2D eigenvalue weighted by atomic mass is 10.2. The molecule has 0 amide bonds. The highest BCUT2D eigenvalue weighted by Gasteiger charge is 2.02. The van der Waals surface area contributed by atoms with Crippen LogP contribution in [-0.4, -0.2) is 0 Å². The van der Waals surface area contributed by atoms with Crippen molar-refractivity contribution in [2.24, 2.45) is 0 Å². The second-order valence-electron chi connectivity index (χ2n) is 3.69. The van der Waals surface area contributed by atoms with E-state index in [9.17, 15) is 0 Å². The summed E-state index contributed by atoms with van der Waals surface area (Å²) in [5.74, 6) is 1.06. The van der Waals surface area contributed by atoms with E-state index in [0.717, 1.165) is 22.0 Å². The van der Waals surface area contributed by atoms with Gasteiger partial charge in [0.1, 0.15) is 11.8 Å². The topological polar surface area (TPSA) is 49.0 Å². The van der Waals surface area contributed by atoms with E-state index in [-0.39, 0.29) is 0 Å². The summed E-state index contributed by atoms with van der Waals surface area (Å²) in [6, 6.07) is 11.1. The van der Waals surface area contributed by atoms with Crippen molar-refractivity contribution in [1.82, 2.24) is 0 Å². The van der Waals surface area contributed by atoms with Gasteiger partial charge in [-0.1, -0.05) is 11.6 Å². The highest BCUT2D eigenvalue weighted by atomic mass is 35.5. The SMILES string of the molecule is Cc1cc(Cl)ccc1NCc1ccc(C#N)o1. The Morgan fingerprint density at radius 3 is 2.82 bits per heavy atom. The highest BCUT2D eigenvalue weighted by molar-refractivity contribution is 6.30. The van der Waals surface area contributed by atoms with Crippen molar-refractivity contribution in [3.8, 4) is 6.07 Å². The van der Waals surface area contributed by atoms with Crippen LogP contribution in [0.3, 0.4) is 0 Å². The van der Waals surface area contributed by atoms with Crippen molar-refractivity contribution in [3.05, 3.63) is 52.4 Å². The fourth-order valence-electron chi connectivity index (χ4n) is 1.54. The summed E-state index contributed by atoms with van der Waals surface area (Å²) in [5, 5.41) is 12.6. The minimum absolute atomic E-state index is 0.328. The second-order valence-corrected chi connectivity index (χ2v) is 4.13. The third kappa shape index (κ3) is 2.80. The molecule has 2 aromatic rings. The average molecular weight is 247 g/mol. The summed E-state index contributed by atoms with van der Waals surface area (Å²) in [7, 11) is 0. The molecule has 0 aliphatic carbocycles. The zero-order valence-corrected chi connectivity index (χ0v) is 10.1. The van der Waals surface area contributed by atoms with Gasteiger partial charge < -0.3 is 9.73 Å². The van der Waals surface area contributed by atoms with Gasteiger partial charge in [-0.05, 0) is 42.8 Å². The number of rotatable bonds is 3. The predicted octanol–water partition coefficient (Wildman–Crippen LogP) is 3.73. The van der Waals surface area contributed by atoms with Crippen molar-refractivity contribution in [2.75, 3.05) is 5.32 Å². The molecule has 2 rings (SSSR count). The number of anilines is 1. The lowest BCUT2D eigenvalue weighted by Crippen LogP contribution is -1.99. The molecule has 0 saturated carbocycles. The molecule has 0 radical (unpaired) electrons. The van der Waals surface area contributed by atoms with Crippen molar-refractivity contribution in [1.29, 1.82) is 5.26 Å². The van der Waals surface area contributed by atoms with Gasteiger partial charge in [-0.3, -0.25) is 0 Å². The first-order chi connectivity index (χ1) is 8.19. The van der Waals surface area contributed by atoms with E-state index < -0.39 is 0 Å². The molecule has 0 saturated heterocycles. The lowest BCUT2D eigenvalue weighted by Gasteiger charge is -2.08. The van der Waals surface area contributed by atoms with Crippen LogP contribution in [-0.2, 0) is 6.54 Å². The van der Waals surface area contributed by atoms with Crippen LogP contribution in [0, 0.1) is 18.3 Å². The van der Waals surface area contributed by atoms with E-state index in [1.54, 1.807) is 12.1 Å². The van der Waals surface area contributed by atoms with Gasteiger partial charge >= 0.3 is 0 Å². The molecule has 0 aliphatic rings. The molecule has 0 spiro atoms. The molecule has 0 fully saturated rings. The van der Waals surface area contributed by atoms with Crippen LogP contribution in [0.1, 0.15) is 17.1 Å². The molecule has 0 bridgehead atoms. The van der Waals surface area contributed by atoms with Crippen LogP contribution < -0.4 is 5.32 Å². The van der Waals surface area contributed by atoms with Gasteiger partial charge in [-0.2, -0.15) is 5.26 Å². The summed E-state index contributed by atoms with van der Waals surface area (Å²) in [5.41, 5.74) is 2.08. The first-order valence-electron chi connectivity index (χ1n) is 5.18. The average Bonchev–Trinajstić information content (AvgIpc) is 2.76. The Kier molecular flexibility index (Phi) is 3.36. The number of nitrogens with zero attached hydrogens (tertiary/aromatic N) is 1. The van der Waals surface area contributed by atoms with Crippen molar-refractivity contribution in [2.45, 2.75) is 13.5 Å². The Bertz CT molecular complexity index is 569. The number of halogens is 1. The molecule has 3 nitrogen and oxygen atoms in total. The van der Waals surface area contributed by atoms with Crippen LogP contribution >= 0.6 is 11.6 Å². The molecule has 0 aliphatic heterocycles. The molecule has 1 aromatic heterocycles. The number of benzene rings is 1. The van der Waals surface area contributed by atoms with Crippen LogP contribution in [0.25, 0.3) is 0 Å². The Hall–Kier alpha value is -1.92. The van der Waals surface area contributed by atoms with Gasteiger partial charge in [0, 0.05) is 10.7 Å². The fraction of sp³-hybridized carbons (Fsp3) is 0.154. The van der Waals surface area contributed by atoms with Crippen molar-refractivity contribution >= 4 is 17.3 Å². The standard InChI is InChI=1S/C13H11ClN2O/c1-9-6-10(14)2-5-13(9)16-8-12-4-3-11(7-15)17-12/h2-6,16H,8H2,1H3. The number of aryl methyl sites for hydroxylation is 1. The van der Waals surface area contributed by atoms with E-state index in [2.05, 4.69) is 5.32 Å². The quantitative estimate of drug-likeness (QED) is 0.898. The van der Waals surface area contributed by atoms with Crippen molar-refractivity contribution < 1.29 is 4.42 Å². The Labute approximate surface area is 105 Å². The van der Waals surface area contributed by atoms with E-state index in [4.69, 9.17) is 21.3 Å². The smallest absolute Gasteiger partial charge is 0.203 e. The van der Waals surface area contributed by atoms with Crippen molar-refractivity contribution in [3.63, 3.8) is 0 Å². The van der Waals surface area contributed by atoms with Crippen LogP contribution in [0.2, 0.25) is 5.02 Å². The van der Waals surface area contributed by atoms with E-state index in [1.165, 1.54) is 0 Å². The Morgan fingerprint density at radius 2 is 2.18 bits per heavy atom. The molecule has 1 aromatic carbocycles. The summed E-state index contributed by atoms with van der Waals surface area (Å²) in [6.07, 6.45) is 0. The van der Waals surface area contributed by atoms with E-state index in [0.29, 0.717) is 12.3 Å². The minimum Gasteiger partial charge on any atom is -0.449 e. The molecule has 0 atom stereocenters. The summed E-state index contributed by atoms with van der Waals surface area (Å²) >= 11 is 5.87. The number of furan rings is 1. The maximum Gasteiger partial charge on any atom is 0.203 e. The predicted molar refractivity (Wildman–Crippen MR) is 66.9 cm³/mol. The van der Waals surface area contributed by atoms with E-state index >= 15 is 0 Å². The molecule has 4 heteroatoms.